The molecule has 0 atom stereocenters. The number of aromatic carboxylic acids is 1. The molecule has 0 spiro atoms. The molecule has 0 saturated heterocycles. The average molecular weight is 487 g/mol. The van der Waals surface area contributed by atoms with Crippen molar-refractivity contribution < 1.29 is 22.7 Å². The highest BCUT2D eigenvalue weighted by atomic mass is 32.2. The van der Waals surface area contributed by atoms with Crippen molar-refractivity contribution in [1.29, 1.82) is 0 Å². The minimum Gasteiger partial charge on any atom is -0.478 e. The van der Waals surface area contributed by atoms with Crippen LogP contribution < -0.4 is 4.72 Å². The fraction of sp³-hybridized carbons (Fsp3) is 0.333. The van der Waals surface area contributed by atoms with Crippen LogP contribution in [-0.4, -0.2) is 53.6 Å². The summed E-state index contributed by atoms with van der Waals surface area (Å²) in [5, 5.41) is 9.88. The highest BCUT2D eigenvalue weighted by Gasteiger charge is 2.26. The molecule has 34 heavy (non-hydrogen) atoms. The number of aromatic nitrogens is 2. The Hall–Kier alpha value is -3.24. The number of benzene rings is 2. The zero-order chi connectivity index (χ0) is 24.5. The smallest absolute Gasteiger partial charge is 0.340 e. The number of nitrogens with zero attached hydrogens (tertiary/aromatic N) is 3. The molecule has 0 aliphatic carbocycles. The lowest BCUT2D eigenvalue weighted by atomic mass is 10.1. The van der Waals surface area contributed by atoms with Gasteiger partial charge >= 0.3 is 5.97 Å². The zero-order valence-corrected chi connectivity index (χ0v) is 19.9. The number of carboxylic acid groups (broad SMARTS) is 1. The summed E-state index contributed by atoms with van der Waals surface area (Å²) in [6.45, 7) is 7.02. The van der Waals surface area contributed by atoms with E-state index in [4.69, 9.17) is 0 Å². The molecule has 1 aromatic heterocycles. The summed E-state index contributed by atoms with van der Waals surface area (Å²) in [7, 11) is -4.22. The van der Waals surface area contributed by atoms with Crippen LogP contribution in [0.1, 0.15) is 42.0 Å². The molecule has 180 valence electrons. The minimum atomic E-state index is -4.22. The number of hydrogen-bond acceptors (Lipinski definition) is 5. The lowest BCUT2D eigenvalue weighted by Gasteiger charge is -2.15. The van der Waals surface area contributed by atoms with Crippen molar-refractivity contribution in [3.05, 3.63) is 59.2 Å². The van der Waals surface area contributed by atoms with Gasteiger partial charge in [-0.3, -0.25) is 4.72 Å². The lowest BCUT2D eigenvalue weighted by Crippen LogP contribution is -2.22. The molecule has 3 aromatic rings. The third-order valence-electron chi connectivity index (χ3n) is 6.06. The van der Waals surface area contributed by atoms with Gasteiger partial charge in [-0.2, -0.15) is 0 Å². The van der Waals surface area contributed by atoms with Gasteiger partial charge < -0.3 is 14.6 Å². The van der Waals surface area contributed by atoms with Gasteiger partial charge in [-0.25, -0.2) is 22.6 Å². The Kier molecular flexibility index (Phi) is 6.72. The number of aryl methyl sites for hydroxylation is 2. The molecule has 2 aromatic carbocycles. The Labute approximate surface area is 197 Å². The predicted molar refractivity (Wildman–Crippen MR) is 129 cm³/mol. The van der Waals surface area contributed by atoms with Gasteiger partial charge in [0.1, 0.15) is 22.7 Å². The van der Waals surface area contributed by atoms with Crippen molar-refractivity contribution in [1.82, 2.24) is 14.5 Å². The van der Waals surface area contributed by atoms with Crippen LogP contribution in [0.25, 0.3) is 17.1 Å². The first-order chi connectivity index (χ1) is 16.2. The Morgan fingerprint density at radius 2 is 2.03 bits per heavy atom. The first-order valence-electron chi connectivity index (χ1n) is 11.2. The van der Waals surface area contributed by atoms with Crippen LogP contribution in [0.3, 0.4) is 0 Å². The molecule has 2 heterocycles. The highest BCUT2D eigenvalue weighted by molar-refractivity contribution is 7.92. The largest absolute Gasteiger partial charge is 0.478 e. The van der Waals surface area contributed by atoms with E-state index in [1.807, 2.05) is 18.4 Å². The van der Waals surface area contributed by atoms with Crippen molar-refractivity contribution in [3.63, 3.8) is 0 Å². The maximum Gasteiger partial charge on any atom is 0.340 e. The van der Waals surface area contributed by atoms with E-state index in [9.17, 15) is 22.7 Å². The number of rotatable bonds is 9. The second-order valence-corrected chi connectivity index (χ2v) is 9.77. The fourth-order valence-corrected chi connectivity index (χ4v) is 5.54. The van der Waals surface area contributed by atoms with Crippen molar-refractivity contribution in [2.24, 2.45) is 0 Å². The normalized spacial score (nSPS) is 13.8. The summed E-state index contributed by atoms with van der Waals surface area (Å²) in [5.41, 5.74) is 0.803. The van der Waals surface area contributed by atoms with Gasteiger partial charge in [0.15, 0.2) is 0 Å². The van der Waals surface area contributed by atoms with Crippen LogP contribution >= 0.6 is 0 Å². The van der Waals surface area contributed by atoms with Crippen LogP contribution in [0.5, 0.6) is 0 Å². The summed E-state index contributed by atoms with van der Waals surface area (Å²) in [4.78, 5) is 18.6. The quantitative estimate of drug-likeness (QED) is 0.474. The Bertz CT molecular complexity index is 1380. The third-order valence-corrected chi connectivity index (χ3v) is 7.50. The number of fused-ring (bicyclic) bond motifs is 3. The maximum absolute atomic E-state index is 14.0. The molecule has 2 N–H and O–H groups in total. The van der Waals surface area contributed by atoms with E-state index in [1.54, 1.807) is 18.2 Å². The second kappa shape index (κ2) is 9.55. The van der Waals surface area contributed by atoms with Gasteiger partial charge in [0.25, 0.3) is 10.0 Å². The van der Waals surface area contributed by atoms with Crippen molar-refractivity contribution >= 4 is 38.8 Å². The number of carboxylic acids is 1. The second-order valence-electron chi connectivity index (χ2n) is 8.12. The molecule has 1 aliphatic heterocycles. The van der Waals surface area contributed by atoms with Gasteiger partial charge in [-0.15, -0.1) is 0 Å². The van der Waals surface area contributed by atoms with Gasteiger partial charge in [-0.1, -0.05) is 26.0 Å². The number of carbonyl (C=O) groups is 1. The molecule has 4 rings (SSSR count). The number of anilines is 1. The number of nitrogens with one attached hydrogen (secondary N) is 1. The monoisotopic (exact) mass is 486 g/mol. The van der Waals surface area contributed by atoms with Gasteiger partial charge in [0.2, 0.25) is 0 Å². The third kappa shape index (κ3) is 4.55. The molecule has 0 bridgehead atoms. The average Bonchev–Trinajstić information content (AvgIpc) is 3.37. The van der Waals surface area contributed by atoms with E-state index < -0.39 is 21.8 Å². The van der Waals surface area contributed by atoms with Gasteiger partial charge in [0, 0.05) is 19.5 Å². The summed E-state index contributed by atoms with van der Waals surface area (Å²) < 4.78 is 44.9. The van der Waals surface area contributed by atoms with Crippen molar-refractivity contribution in [2.75, 3.05) is 24.4 Å². The molecular formula is C24H27FN4O4S. The SMILES string of the molecule is CCN(CC)C/C=C\c1cc(F)ccc1S(=O)(=O)Nc1ccc2c(nc3n2CCC3)c1C(=O)O. The van der Waals surface area contributed by atoms with E-state index in [1.165, 1.54) is 12.1 Å². The summed E-state index contributed by atoms with van der Waals surface area (Å²) in [6, 6.07) is 6.51. The summed E-state index contributed by atoms with van der Waals surface area (Å²) >= 11 is 0. The van der Waals surface area contributed by atoms with E-state index in [0.29, 0.717) is 12.1 Å². The van der Waals surface area contributed by atoms with Crippen LogP contribution in [0, 0.1) is 5.82 Å². The van der Waals surface area contributed by atoms with E-state index in [-0.39, 0.29) is 27.2 Å². The molecule has 8 nitrogen and oxygen atoms in total. The summed E-state index contributed by atoms with van der Waals surface area (Å²) in [6.07, 6.45) is 5.02. The molecule has 0 fully saturated rings. The topological polar surface area (TPSA) is 105 Å². The Morgan fingerprint density at radius 1 is 1.26 bits per heavy atom. The highest BCUT2D eigenvalue weighted by Crippen LogP contribution is 2.31. The molecule has 0 saturated carbocycles. The molecule has 0 amide bonds. The number of halogens is 1. The molecule has 1 aliphatic rings. The standard InChI is InChI=1S/C24H27FN4O4S/c1-3-28(4-2)13-5-7-16-15-17(25)9-12-20(16)34(32,33)27-18-10-11-19-23(22(18)24(30)31)26-21-8-6-14-29(19)21/h5,7,9-12,15,27H,3-4,6,8,13-14H2,1-2H3,(H,30,31)/b7-5-. The number of sulfonamides is 1. The molecular weight excluding hydrogens is 459 g/mol. The van der Waals surface area contributed by atoms with Crippen LogP contribution in [-0.2, 0) is 23.0 Å². The summed E-state index contributed by atoms with van der Waals surface area (Å²) in [5.74, 6) is -1.06. The Balaban J connectivity index is 1.72. The van der Waals surface area contributed by atoms with Gasteiger partial charge in [0.05, 0.1) is 16.1 Å². The van der Waals surface area contributed by atoms with Crippen LogP contribution in [0.15, 0.2) is 41.3 Å². The first-order valence-corrected chi connectivity index (χ1v) is 12.7. The first kappa shape index (κ1) is 23.9. The molecule has 0 radical (unpaired) electrons. The zero-order valence-electron chi connectivity index (χ0n) is 19.1. The van der Waals surface area contributed by atoms with Crippen LogP contribution in [0.4, 0.5) is 10.1 Å². The van der Waals surface area contributed by atoms with Crippen molar-refractivity contribution in [2.45, 2.75) is 38.1 Å². The number of hydrogen-bond donors (Lipinski definition) is 2. The van der Waals surface area contributed by atoms with Crippen molar-refractivity contribution in [3.8, 4) is 0 Å². The van der Waals surface area contributed by atoms with Crippen LogP contribution in [0.2, 0.25) is 0 Å². The molecule has 0 unspecified atom stereocenters. The number of imidazole rings is 1. The van der Waals surface area contributed by atoms with E-state index >= 15 is 0 Å². The van der Waals surface area contributed by atoms with E-state index in [0.717, 1.165) is 50.4 Å². The minimum absolute atomic E-state index is 0.0841. The predicted octanol–water partition coefficient (Wildman–Crippen LogP) is 3.98. The molecule has 10 heteroatoms. The Morgan fingerprint density at radius 3 is 2.74 bits per heavy atom. The fourth-order valence-electron chi connectivity index (χ4n) is 4.28. The maximum atomic E-state index is 14.0. The lowest BCUT2D eigenvalue weighted by molar-refractivity contribution is 0.0700. The van der Waals surface area contributed by atoms with Gasteiger partial charge in [-0.05, 0) is 55.4 Å². The number of likely N-dealkylation sites (N-methyl/N-ethyl adjacent to an activating group) is 1. The van der Waals surface area contributed by atoms with E-state index in [2.05, 4.69) is 14.6 Å².